The van der Waals surface area contributed by atoms with Gasteiger partial charge in [-0.1, -0.05) is 7.43 Å². The number of primary amides is 1. The Kier molecular flexibility index (Phi) is 5.54. The highest BCUT2D eigenvalue weighted by molar-refractivity contribution is 5.82. The van der Waals surface area contributed by atoms with Gasteiger partial charge in [0.1, 0.15) is 6.04 Å². The Morgan fingerprint density at radius 3 is 2.00 bits per heavy atom. The third-order valence-electron chi connectivity index (χ3n) is 0.738. The summed E-state index contributed by atoms with van der Waals surface area (Å²) in [5.74, 6) is -1.92. The number of carboxylic acid groups (broad SMARTS) is 1. The van der Waals surface area contributed by atoms with E-state index in [4.69, 9.17) is 10.8 Å². The summed E-state index contributed by atoms with van der Waals surface area (Å²) >= 11 is 0. The number of carbonyl (C=O) groups is 2. The van der Waals surface area contributed by atoms with Gasteiger partial charge in [0.05, 0.1) is 6.42 Å². The van der Waals surface area contributed by atoms with Crippen LogP contribution in [0.25, 0.3) is 0 Å². The molecule has 0 aromatic carbocycles. The molecule has 0 unspecified atom stereocenters. The van der Waals surface area contributed by atoms with E-state index in [1.165, 1.54) is 0 Å². The summed E-state index contributed by atoms with van der Waals surface area (Å²) in [6.07, 6.45) is -0.310. The molecule has 0 radical (unpaired) electrons. The van der Waals surface area contributed by atoms with E-state index in [0.29, 0.717) is 0 Å². The Balaban J connectivity index is 0. The van der Waals surface area contributed by atoms with Crippen LogP contribution in [0, 0.1) is 0 Å². The zero-order chi connectivity index (χ0) is 7.44. The highest BCUT2D eigenvalue weighted by atomic mass is 16.4. The van der Waals surface area contributed by atoms with Gasteiger partial charge in [-0.15, -0.1) is 0 Å². The minimum atomic E-state index is -1.21. The van der Waals surface area contributed by atoms with Crippen molar-refractivity contribution in [2.75, 3.05) is 0 Å². The minimum absolute atomic E-state index is 0. The summed E-state index contributed by atoms with van der Waals surface area (Å²) in [4.78, 5) is 19.9. The lowest BCUT2D eigenvalue weighted by Gasteiger charge is -1.99. The number of carbonyl (C=O) groups excluding carboxylic acids is 1. The van der Waals surface area contributed by atoms with Crippen LogP contribution in [-0.2, 0) is 9.59 Å². The van der Waals surface area contributed by atoms with Crippen LogP contribution in [0.3, 0.4) is 0 Å². The highest BCUT2D eigenvalue weighted by Crippen LogP contribution is 1.84. The second-order valence-corrected chi connectivity index (χ2v) is 1.62. The van der Waals surface area contributed by atoms with Gasteiger partial charge in [-0.25, -0.2) is 0 Å². The maximum Gasteiger partial charge on any atom is 0.321 e. The number of amides is 1. The zero-order valence-corrected chi connectivity index (χ0v) is 4.70. The molecule has 0 spiro atoms. The summed E-state index contributed by atoms with van der Waals surface area (Å²) in [5.41, 5.74) is 9.57. The summed E-state index contributed by atoms with van der Waals surface area (Å²) in [6, 6.07) is -1.16. The molecule has 0 rings (SSSR count). The fourth-order valence-corrected chi connectivity index (χ4v) is 0.304. The summed E-state index contributed by atoms with van der Waals surface area (Å²) < 4.78 is 0. The van der Waals surface area contributed by atoms with E-state index in [1.54, 1.807) is 0 Å². The largest absolute Gasteiger partial charge is 0.480 e. The molecular formula is C5H12N2O3. The molecule has 0 aliphatic rings. The van der Waals surface area contributed by atoms with Gasteiger partial charge in [-0.3, -0.25) is 9.59 Å². The van der Waals surface area contributed by atoms with E-state index >= 15 is 0 Å². The molecule has 0 aromatic rings. The van der Waals surface area contributed by atoms with Crippen molar-refractivity contribution in [3.05, 3.63) is 0 Å². The third kappa shape index (κ3) is 5.04. The molecule has 0 heterocycles. The van der Waals surface area contributed by atoms with Gasteiger partial charge in [-0.05, 0) is 0 Å². The number of aliphatic carboxylic acids is 1. The van der Waals surface area contributed by atoms with Gasteiger partial charge in [-0.2, -0.15) is 0 Å². The molecule has 5 heteroatoms. The first-order valence-electron chi connectivity index (χ1n) is 2.30. The first kappa shape index (κ1) is 11.7. The number of hydrogen-bond acceptors (Lipinski definition) is 3. The molecular weight excluding hydrogens is 136 g/mol. The Morgan fingerprint density at radius 2 is 1.90 bits per heavy atom. The molecule has 0 bridgehead atoms. The van der Waals surface area contributed by atoms with Crippen LogP contribution in [0.2, 0.25) is 0 Å². The number of carboxylic acids is 1. The molecule has 0 saturated carbocycles. The normalized spacial score (nSPS) is 11.3. The van der Waals surface area contributed by atoms with Crippen LogP contribution in [0.5, 0.6) is 0 Å². The minimum Gasteiger partial charge on any atom is -0.480 e. The molecule has 1 atom stereocenters. The average Bonchev–Trinajstić information content (AvgIpc) is 1.63. The van der Waals surface area contributed by atoms with Crippen molar-refractivity contribution in [2.24, 2.45) is 11.5 Å². The monoisotopic (exact) mass is 148 g/mol. The molecule has 0 aliphatic heterocycles. The Morgan fingerprint density at radius 1 is 1.50 bits per heavy atom. The second kappa shape index (κ2) is 4.75. The lowest BCUT2D eigenvalue weighted by Crippen LogP contribution is -2.34. The first-order chi connectivity index (χ1) is 4.04. The van der Waals surface area contributed by atoms with Crippen molar-refractivity contribution in [1.29, 1.82) is 0 Å². The maximum absolute atomic E-state index is 9.99. The predicted octanol–water partition coefficient (Wildman–Crippen LogP) is -1.09. The van der Waals surface area contributed by atoms with Crippen LogP contribution in [0.4, 0.5) is 0 Å². The SMILES string of the molecule is C.NC(=O)C[C@H](N)C(=O)O. The maximum atomic E-state index is 9.99. The smallest absolute Gasteiger partial charge is 0.321 e. The predicted molar refractivity (Wildman–Crippen MR) is 36.2 cm³/mol. The standard InChI is InChI=1S/C4H8N2O3.CH4/c5-2(4(8)9)1-3(6)7;/h2H,1,5H2,(H2,6,7)(H,8,9);1H4/t2-;/m0./s1. The summed E-state index contributed by atoms with van der Waals surface area (Å²) in [7, 11) is 0. The van der Waals surface area contributed by atoms with Crippen LogP contribution < -0.4 is 11.5 Å². The van der Waals surface area contributed by atoms with Gasteiger partial charge in [0.2, 0.25) is 5.91 Å². The number of hydrogen-bond donors (Lipinski definition) is 3. The van der Waals surface area contributed by atoms with Crippen LogP contribution in [0.15, 0.2) is 0 Å². The van der Waals surface area contributed by atoms with E-state index in [0.717, 1.165) is 0 Å². The van der Waals surface area contributed by atoms with Crippen molar-refractivity contribution >= 4 is 11.9 Å². The molecule has 1 amide bonds. The second-order valence-electron chi connectivity index (χ2n) is 1.62. The van der Waals surface area contributed by atoms with Crippen molar-refractivity contribution in [2.45, 2.75) is 19.9 Å². The average molecular weight is 148 g/mol. The summed E-state index contributed by atoms with van der Waals surface area (Å²) in [6.45, 7) is 0. The fraction of sp³-hybridized carbons (Fsp3) is 0.600. The van der Waals surface area contributed by atoms with E-state index in [9.17, 15) is 9.59 Å². The molecule has 60 valence electrons. The Labute approximate surface area is 59.0 Å². The van der Waals surface area contributed by atoms with Gasteiger partial charge in [0, 0.05) is 0 Å². The van der Waals surface area contributed by atoms with Crippen LogP contribution in [0.1, 0.15) is 13.8 Å². The molecule has 0 fully saturated rings. The first-order valence-corrected chi connectivity index (χ1v) is 2.30. The van der Waals surface area contributed by atoms with E-state index in [-0.39, 0.29) is 13.8 Å². The Hall–Kier alpha value is -1.10. The van der Waals surface area contributed by atoms with Gasteiger partial charge in [0.25, 0.3) is 0 Å². The van der Waals surface area contributed by atoms with Crippen molar-refractivity contribution in [3.63, 3.8) is 0 Å². The molecule has 0 saturated heterocycles. The lowest BCUT2D eigenvalue weighted by molar-refractivity contribution is -0.140. The van der Waals surface area contributed by atoms with Gasteiger partial charge >= 0.3 is 5.97 Å². The van der Waals surface area contributed by atoms with Crippen molar-refractivity contribution < 1.29 is 14.7 Å². The number of nitrogens with two attached hydrogens (primary N) is 2. The zero-order valence-electron chi connectivity index (χ0n) is 4.70. The van der Waals surface area contributed by atoms with Crippen molar-refractivity contribution in [1.82, 2.24) is 0 Å². The fourth-order valence-electron chi connectivity index (χ4n) is 0.304. The Bertz CT molecular complexity index is 135. The molecule has 5 nitrogen and oxygen atoms in total. The van der Waals surface area contributed by atoms with Crippen LogP contribution >= 0.6 is 0 Å². The molecule has 0 aliphatic carbocycles. The van der Waals surface area contributed by atoms with Crippen molar-refractivity contribution in [3.8, 4) is 0 Å². The lowest BCUT2D eigenvalue weighted by atomic mass is 10.2. The number of rotatable bonds is 3. The topological polar surface area (TPSA) is 106 Å². The highest BCUT2D eigenvalue weighted by Gasteiger charge is 2.13. The van der Waals surface area contributed by atoms with E-state index < -0.39 is 17.9 Å². The van der Waals surface area contributed by atoms with E-state index in [2.05, 4.69) is 5.73 Å². The molecule has 5 N–H and O–H groups in total. The molecule has 10 heavy (non-hydrogen) atoms. The molecule has 0 aromatic heterocycles. The van der Waals surface area contributed by atoms with Crippen LogP contribution in [-0.4, -0.2) is 23.0 Å². The third-order valence-corrected chi connectivity index (χ3v) is 0.738. The van der Waals surface area contributed by atoms with Gasteiger partial charge < -0.3 is 16.6 Å². The quantitative estimate of drug-likeness (QED) is 0.472. The van der Waals surface area contributed by atoms with E-state index in [1.807, 2.05) is 0 Å². The van der Waals surface area contributed by atoms with Gasteiger partial charge in [0.15, 0.2) is 0 Å². The summed E-state index contributed by atoms with van der Waals surface area (Å²) in [5, 5.41) is 8.10.